The van der Waals surface area contributed by atoms with E-state index in [9.17, 15) is 71.3 Å². The highest BCUT2D eigenvalue weighted by Crippen LogP contribution is 2.25. The minimum absolute atomic E-state index is 0.0192. The molecule has 0 radical (unpaired) electrons. The van der Waals surface area contributed by atoms with Crippen LogP contribution in [0.1, 0.15) is 171 Å². The Morgan fingerprint density at radius 1 is 0.520 bits per heavy atom. The molecule has 1 rings (SSSR count). The van der Waals surface area contributed by atoms with Gasteiger partial charge in [-0.05, 0) is 140 Å². The SMILES string of the molecule is CC(C)(C)CCCNC(=O)OCC(C)(CO)C(=O)OCCN=C(NC(=O)OC(C)(C)C)NC(=O)OC(C)(C)C.CC(C)(C)CCCNC(=O)OCC(C)(CO)C(=O)OCC[NH+]=C(N)N.CC(C)(C)OC(=O)NC(=NCCOC(=O)C1(C)COC(=O)OC1)NC(=O)OC(C)(C)C.O=C([O-])C(F)(F)F. The zero-order valence-electron chi connectivity index (χ0n) is 62.7. The molecule has 0 aromatic heterocycles. The summed E-state index contributed by atoms with van der Waals surface area (Å²) in [5.74, 6) is -5.63. The van der Waals surface area contributed by atoms with Gasteiger partial charge in [0.1, 0.15) is 90.9 Å². The van der Waals surface area contributed by atoms with E-state index in [1.54, 1.807) is 83.1 Å². The van der Waals surface area contributed by atoms with Crippen molar-refractivity contribution in [3.8, 4) is 0 Å². The predicted octanol–water partition coefficient (Wildman–Crippen LogP) is 3.33. The number of ether oxygens (including phenoxy) is 11. The Morgan fingerprint density at radius 2 is 0.824 bits per heavy atom. The summed E-state index contributed by atoms with van der Waals surface area (Å²) in [6, 6.07) is 0. The van der Waals surface area contributed by atoms with Gasteiger partial charge in [0.25, 0.3) is 0 Å². The molecule has 102 heavy (non-hydrogen) atoms. The van der Waals surface area contributed by atoms with Crippen LogP contribution in [0.2, 0.25) is 0 Å². The lowest BCUT2D eigenvalue weighted by Gasteiger charge is -2.29. The van der Waals surface area contributed by atoms with Crippen molar-refractivity contribution in [2.45, 2.75) is 200 Å². The number of amides is 6. The third-order valence-electron chi connectivity index (χ3n) is 11.5. The maximum absolute atomic E-state index is 12.6. The summed E-state index contributed by atoms with van der Waals surface area (Å²) in [6.07, 6.45) is -7.31. The molecule has 0 aromatic carbocycles. The van der Waals surface area contributed by atoms with Crippen molar-refractivity contribution < 1.29 is 138 Å². The first-order valence-corrected chi connectivity index (χ1v) is 32.0. The minimum Gasteiger partial charge on any atom is -0.542 e. The molecular weight excluding hydrogens is 1370 g/mol. The van der Waals surface area contributed by atoms with Gasteiger partial charge in [-0.2, -0.15) is 13.2 Å². The van der Waals surface area contributed by atoms with Crippen LogP contribution >= 0.6 is 0 Å². The van der Waals surface area contributed by atoms with Crippen molar-refractivity contribution in [2.75, 3.05) is 92.2 Å². The number of aliphatic carboxylic acids is 1. The normalized spacial score (nSPS) is 13.9. The number of guanidine groups is 3. The highest BCUT2D eigenvalue weighted by atomic mass is 19.4. The number of alkyl halides is 3. The number of carboxylic acids is 1. The van der Waals surface area contributed by atoms with Gasteiger partial charge in [-0.1, -0.05) is 41.5 Å². The highest BCUT2D eigenvalue weighted by Gasteiger charge is 2.42. The lowest BCUT2D eigenvalue weighted by atomic mass is 9.91. The van der Waals surface area contributed by atoms with E-state index in [1.807, 2.05) is 0 Å². The number of alkyl carbamates (subject to hydrolysis) is 6. The molecule has 0 aliphatic carbocycles. The van der Waals surface area contributed by atoms with Crippen molar-refractivity contribution >= 4 is 84.5 Å². The molecule has 590 valence electrons. The van der Waals surface area contributed by atoms with E-state index in [2.05, 4.69) is 88.4 Å². The Hall–Kier alpha value is -8.91. The van der Waals surface area contributed by atoms with E-state index >= 15 is 0 Å². The number of nitrogens with zero attached hydrogens (tertiary/aromatic N) is 2. The fraction of sp³-hybridized carbons (Fsp3) is 0.778. The van der Waals surface area contributed by atoms with Gasteiger partial charge in [0.15, 0.2) is 0 Å². The second-order valence-electron chi connectivity index (χ2n) is 29.7. The van der Waals surface area contributed by atoms with Crippen LogP contribution in [0.4, 0.5) is 46.7 Å². The van der Waals surface area contributed by atoms with E-state index in [0.717, 1.165) is 25.7 Å². The minimum atomic E-state index is -5.19. The Balaban J connectivity index is -0.00000140. The number of rotatable bonds is 24. The van der Waals surface area contributed by atoms with E-state index in [1.165, 1.54) is 20.8 Å². The molecule has 2 atom stereocenters. The first-order valence-electron chi connectivity index (χ1n) is 32.0. The average Bonchev–Trinajstić information content (AvgIpc) is 0.838. The third kappa shape index (κ3) is 53.0. The van der Waals surface area contributed by atoms with Crippen molar-refractivity contribution in [1.82, 2.24) is 31.9 Å². The molecule has 1 saturated heterocycles. The number of carboxylic acid groups (broad SMARTS) is 1. The maximum Gasteiger partial charge on any atom is 0.508 e. The lowest BCUT2D eigenvalue weighted by Crippen LogP contribution is -2.79. The van der Waals surface area contributed by atoms with Crippen molar-refractivity contribution in [1.29, 1.82) is 0 Å². The van der Waals surface area contributed by atoms with Gasteiger partial charge in [0, 0.05) is 13.1 Å². The number of aliphatic imine (C=N–C) groups is 2. The van der Waals surface area contributed by atoms with Gasteiger partial charge in [-0.15, -0.1) is 0 Å². The van der Waals surface area contributed by atoms with Crippen LogP contribution < -0.4 is 53.5 Å². The van der Waals surface area contributed by atoms with E-state index in [0.29, 0.717) is 13.1 Å². The molecule has 1 aliphatic rings. The summed E-state index contributed by atoms with van der Waals surface area (Å²) in [4.78, 5) is 139. The summed E-state index contributed by atoms with van der Waals surface area (Å²) < 4.78 is 87.0. The summed E-state index contributed by atoms with van der Waals surface area (Å²) in [6.45, 7) is 35.5. The molecule has 0 saturated carbocycles. The van der Waals surface area contributed by atoms with Crippen molar-refractivity contribution in [2.24, 2.45) is 48.5 Å². The number of aliphatic hydroxyl groups excluding tert-OH is 2. The second kappa shape index (κ2) is 44.5. The molecule has 0 spiro atoms. The summed E-state index contributed by atoms with van der Waals surface area (Å²) in [5, 5.41) is 42.5. The van der Waals surface area contributed by atoms with Crippen LogP contribution in [0.5, 0.6) is 0 Å². The first-order chi connectivity index (χ1) is 46.2. The number of carbonyl (C=O) groups excluding carboxylic acids is 11. The maximum atomic E-state index is 12.6. The predicted molar refractivity (Wildman–Crippen MR) is 357 cm³/mol. The number of hydrogen-bond donors (Lipinski definition) is 11. The van der Waals surface area contributed by atoms with Crippen LogP contribution in [0.15, 0.2) is 9.98 Å². The fourth-order valence-electron chi connectivity index (χ4n) is 6.42. The fourth-order valence-corrected chi connectivity index (χ4v) is 6.42. The quantitative estimate of drug-likeness (QED) is 0.0217. The monoisotopic (exact) mass is 1480 g/mol. The first kappa shape index (κ1) is 97.3. The van der Waals surface area contributed by atoms with E-state index in [4.69, 9.17) is 73.5 Å². The van der Waals surface area contributed by atoms with Crippen LogP contribution in [-0.4, -0.2) is 215 Å². The van der Waals surface area contributed by atoms with Gasteiger partial charge < -0.3 is 82.9 Å². The number of cyclic esters (lactones) is 2. The van der Waals surface area contributed by atoms with Gasteiger partial charge in [-0.25, -0.2) is 43.5 Å². The molecule has 2 unspecified atom stereocenters. The number of halogens is 3. The molecule has 1 heterocycles. The molecule has 0 aromatic rings. The van der Waals surface area contributed by atoms with Crippen LogP contribution in [0.25, 0.3) is 0 Å². The van der Waals surface area contributed by atoms with Crippen LogP contribution in [-0.2, 0) is 71.3 Å². The average molecular weight is 1480 g/mol. The van der Waals surface area contributed by atoms with E-state index < -0.39 is 131 Å². The number of aliphatic hydroxyl groups is 2. The van der Waals surface area contributed by atoms with Gasteiger partial charge in [0.05, 0.1) is 32.8 Å². The summed E-state index contributed by atoms with van der Waals surface area (Å²) >= 11 is 0. The molecule has 1 aliphatic heterocycles. The van der Waals surface area contributed by atoms with Crippen molar-refractivity contribution in [3.05, 3.63) is 0 Å². The molecule has 0 bridgehead atoms. The molecule has 13 N–H and O–H groups in total. The van der Waals surface area contributed by atoms with Crippen LogP contribution in [0, 0.1) is 27.1 Å². The standard InChI is InChI=1S/C26H48N4O9.C19H31N3O9.C16H32N4O5.C2HF3O2/c1-23(2,3)12-11-13-28-20(33)37-17-26(10,16-31)18(32)36-15-14-27-19(29-21(34)38-24(4,5)6)30-22(35)39-25(7,8)9;1-17(2,3)30-14(24)21-13(22-15(25)31-18(4,5)6)20-8-9-27-12(23)19(7)10-28-16(26)29-11-19;1-15(2,3)6-5-7-20-14(23)25-11-16(4,10-21)12(22)24-9-8-19-13(17)18;3-2(4,5)1(6)7/h31H,11-17H2,1-10H3,(H,28,33)(H2,27,29,30,34,35);8-11H2,1-7H3,(H2,20,21,22,24,25);21H,5-11H2,1-4H3,(H,20,23)(H4,17,18,19);(H,6,7). The topological polar surface area (TPSA) is 516 Å². The lowest BCUT2D eigenvalue weighted by molar-refractivity contribution is -0.462. The summed E-state index contributed by atoms with van der Waals surface area (Å²) in [7, 11) is 0. The largest absolute Gasteiger partial charge is 0.542 e. The highest BCUT2D eigenvalue weighted by molar-refractivity contribution is 6.02. The molecule has 36 nitrogen and oxygen atoms in total. The molecule has 1 fully saturated rings. The smallest absolute Gasteiger partial charge is 0.508 e. The Kier molecular flexibility index (Phi) is 42.4. The van der Waals surface area contributed by atoms with Crippen molar-refractivity contribution in [3.63, 3.8) is 0 Å². The number of esters is 3. The van der Waals surface area contributed by atoms with Gasteiger partial charge >= 0.3 is 72.8 Å². The number of nitrogens with one attached hydrogen (secondary N) is 7. The third-order valence-corrected chi connectivity index (χ3v) is 11.5. The number of hydrogen-bond acceptors (Lipinski definition) is 27. The molecular formula is C63H112F3N11O25. The Labute approximate surface area is 593 Å². The van der Waals surface area contributed by atoms with Gasteiger partial charge in [0.2, 0.25) is 11.9 Å². The Morgan fingerprint density at radius 3 is 1.10 bits per heavy atom. The zero-order chi connectivity index (χ0) is 80.0. The van der Waals surface area contributed by atoms with Gasteiger partial charge in [-0.3, -0.25) is 52.1 Å². The molecule has 6 amide bonds. The number of carbonyl (C=O) groups is 11. The van der Waals surface area contributed by atoms with Crippen LogP contribution in [0.3, 0.4) is 0 Å². The van der Waals surface area contributed by atoms with E-state index in [-0.39, 0.29) is 88.0 Å². The molecule has 39 heteroatoms. The Bertz CT molecular complexity index is 2720. The number of nitrogens with two attached hydrogens (primary N) is 2. The zero-order valence-corrected chi connectivity index (χ0v) is 62.7. The summed E-state index contributed by atoms with van der Waals surface area (Å²) in [5.41, 5.74) is 3.68. The second-order valence-corrected chi connectivity index (χ2v) is 29.7.